The Bertz CT molecular complexity index is 916. The first kappa shape index (κ1) is 21.2. The molecule has 1 aromatic heterocycles. The number of aromatic amines is 1. The smallest absolute Gasteiger partial charge is 0.330 e. The van der Waals surface area contributed by atoms with Crippen LogP contribution in [0.5, 0.6) is 0 Å². The molecule has 2 aromatic rings. The van der Waals surface area contributed by atoms with Gasteiger partial charge >= 0.3 is 5.69 Å². The van der Waals surface area contributed by atoms with Crippen molar-refractivity contribution >= 4 is 40.0 Å². The zero-order valence-corrected chi connectivity index (χ0v) is 17.9. The van der Waals surface area contributed by atoms with Crippen molar-refractivity contribution < 1.29 is 4.79 Å². The SMILES string of the molecule is CCCCN(C(=O)c1ccc(I)cc1)c1c(N)n(CC(C)C)c(=O)[nH]c1=O. The Labute approximate surface area is 171 Å². The zero-order valence-electron chi connectivity index (χ0n) is 15.8. The number of nitrogens with zero attached hydrogens (tertiary/aromatic N) is 2. The van der Waals surface area contributed by atoms with Gasteiger partial charge in [0, 0.05) is 22.2 Å². The molecule has 0 aliphatic heterocycles. The molecule has 0 atom stereocenters. The number of rotatable bonds is 7. The number of hydrogen-bond donors (Lipinski definition) is 2. The van der Waals surface area contributed by atoms with Crippen LogP contribution in [-0.2, 0) is 6.54 Å². The lowest BCUT2D eigenvalue weighted by Gasteiger charge is -2.25. The molecule has 146 valence electrons. The molecule has 0 fully saturated rings. The van der Waals surface area contributed by atoms with Gasteiger partial charge in [0.1, 0.15) is 5.82 Å². The number of aromatic nitrogens is 2. The minimum Gasteiger partial charge on any atom is -0.383 e. The molecule has 0 saturated carbocycles. The summed E-state index contributed by atoms with van der Waals surface area (Å²) < 4.78 is 2.33. The molecule has 3 N–H and O–H groups in total. The van der Waals surface area contributed by atoms with E-state index in [9.17, 15) is 14.4 Å². The topological polar surface area (TPSA) is 101 Å². The van der Waals surface area contributed by atoms with Crippen LogP contribution in [0.25, 0.3) is 0 Å². The van der Waals surface area contributed by atoms with Crippen LogP contribution in [0.1, 0.15) is 44.0 Å². The molecule has 0 saturated heterocycles. The maximum atomic E-state index is 13.1. The number of amides is 1. The number of carbonyl (C=O) groups is 1. The van der Waals surface area contributed by atoms with E-state index >= 15 is 0 Å². The van der Waals surface area contributed by atoms with Crippen LogP contribution in [0.3, 0.4) is 0 Å². The summed E-state index contributed by atoms with van der Waals surface area (Å²) in [6.45, 7) is 6.59. The molecule has 0 unspecified atom stereocenters. The summed E-state index contributed by atoms with van der Waals surface area (Å²) in [6, 6.07) is 7.10. The summed E-state index contributed by atoms with van der Waals surface area (Å²) in [5.41, 5.74) is 5.48. The standard InChI is InChI=1S/C19H25IN4O3/c1-4-5-10-23(18(26)13-6-8-14(20)9-7-13)15-16(21)24(11-12(2)3)19(27)22-17(15)25/h6-9,12H,4-5,10-11,21H2,1-3H3,(H,22,25,27). The Morgan fingerprint density at radius 2 is 1.89 bits per heavy atom. The molecule has 0 aliphatic carbocycles. The monoisotopic (exact) mass is 484 g/mol. The number of nitrogens with one attached hydrogen (secondary N) is 1. The molecule has 7 nitrogen and oxygen atoms in total. The second kappa shape index (κ2) is 9.20. The quantitative estimate of drug-likeness (QED) is 0.591. The number of nitrogens with two attached hydrogens (primary N) is 1. The third-order valence-electron chi connectivity index (χ3n) is 4.10. The first-order chi connectivity index (χ1) is 12.8. The van der Waals surface area contributed by atoms with Gasteiger partial charge in [-0.1, -0.05) is 27.2 Å². The predicted molar refractivity (Wildman–Crippen MR) is 116 cm³/mol. The van der Waals surface area contributed by atoms with Crippen molar-refractivity contribution in [2.24, 2.45) is 5.92 Å². The molecule has 27 heavy (non-hydrogen) atoms. The fourth-order valence-corrected chi connectivity index (χ4v) is 3.12. The van der Waals surface area contributed by atoms with Crippen LogP contribution in [0, 0.1) is 9.49 Å². The summed E-state index contributed by atoms with van der Waals surface area (Å²) in [4.78, 5) is 41.5. The first-order valence-corrected chi connectivity index (χ1v) is 10.0. The molecule has 1 heterocycles. The van der Waals surface area contributed by atoms with E-state index in [1.807, 2.05) is 32.9 Å². The van der Waals surface area contributed by atoms with Crippen molar-refractivity contribution in [2.45, 2.75) is 40.2 Å². The lowest BCUT2D eigenvalue weighted by Crippen LogP contribution is -2.42. The van der Waals surface area contributed by atoms with Crippen LogP contribution in [0.15, 0.2) is 33.9 Å². The number of carbonyl (C=O) groups excluding carboxylic acids is 1. The highest BCUT2D eigenvalue weighted by molar-refractivity contribution is 14.1. The molecular formula is C19H25IN4O3. The number of halogens is 1. The number of unbranched alkanes of at least 4 members (excludes halogenated alkanes) is 1. The number of benzene rings is 1. The fourth-order valence-electron chi connectivity index (χ4n) is 2.76. The average Bonchev–Trinajstić information content (AvgIpc) is 2.61. The minimum atomic E-state index is -0.646. The molecule has 2 rings (SSSR count). The Balaban J connectivity index is 2.59. The van der Waals surface area contributed by atoms with Gasteiger partial charge in [0.25, 0.3) is 11.5 Å². The molecule has 1 amide bonds. The van der Waals surface area contributed by atoms with Gasteiger partial charge in [0.2, 0.25) is 0 Å². The maximum absolute atomic E-state index is 13.1. The predicted octanol–water partition coefficient (Wildman–Crippen LogP) is 2.83. The van der Waals surface area contributed by atoms with E-state index in [0.717, 1.165) is 9.99 Å². The second-order valence-electron chi connectivity index (χ2n) is 6.81. The van der Waals surface area contributed by atoms with E-state index in [0.29, 0.717) is 25.1 Å². The normalized spacial score (nSPS) is 11.0. The number of anilines is 2. The molecule has 0 bridgehead atoms. The Morgan fingerprint density at radius 3 is 2.44 bits per heavy atom. The van der Waals surface area contributed by atoms with Crippen molar-refractivity contribution in [3.05, 3.63) is 54.2 Å². The summed E-state index contributed by atoms with van der Waals surface area (Å²) in [7, 11) is 0. The van der Waals surface area contributed by atoms with Crippen LogP contribution < -0.4 is 21.9 Å². The van der Waals surface area contributed by atoms with Gasteiger partial charge < -0.3 is 10.6 Å². The lowest BCUT2D eigenvalue weighted by atomic mass is 10.1. The first-order valence-electron chi connectivity index (χ1n) is 8.96. The largest absolute Gasteiger partial charge is 0.383 e. The van der Waals surface area contributed by atoms with Crippen LogP contribution >= 0.6 is 22.6 Å². The molecule has 0 spiro atoms. The third-order valence-corrected chi connectivity index (χ3v) is 4.82. The van der Waals surface area contributed by atoms with Gasteiger partial charge in [-0.05, 0) is 59.2 Å². The number of hydrogen-bond acceptors (Lipinski definition) is 4. The molecule has 0 aliphatic rings. The minimum absolute atomic E-state index is 0.0208. The Hall–Kier alpha value is -2.10. The zero-order chi connectivity index (χ0) is 20.1. The van der Waals surface area contributed by atoms with Gasteiger partial charge in [-0.2, -0.15) is 0 Å². The lowest BCUT2D eigenvalue weighted by molar-refractivity contribution is 0.0986. The van der Waals surface area contributed by atoms with Crippen molar-refractivity contribution in [2.75, 3.05) is 17.2 Å². The van der Waals surface area contributed by atoms with Crippen LogP contribution in [0.4, 0.5) is 11.5 Å². The van der Waals surface area contributed by atoms with Crippen molar-refractivity contribution in [3.8, 4) is 0 Å². The van der Waals surface area contributed by atoms with E-state index in [1.165, 1.54) is 9.47 Å². The van der Waals surface area contributed by atoms with Crippen LogP contribution in [0.2, 0.25) is 0 Å². The van der Waals surface area contributed by atoms with Gasteiger partial charge in [0.15, 0.2) is 5.69 Å². The number of H-pyrrole nitrogens is 1. The summed E-state index contributed by atoms with van der Waals surface area (Å²) in [6.07, 6.45) is 1.55. The third kappa shape index (κ3) is 5.00. The van der Waals surface area contributed by atoms with E-state index < -0.39 is 11.2 Å². The fraction of sp³-hybridized carbons (Fsp3) is 0.421. The molecular weight excluding hydrogens is 459 g/mol. The van der Waals surface area contributed by atoms with Gasteiger partial charge in [0.05, 0.1) is 0 Å². The van der Waals surface area contributed by atoms with Crippen molar-refractivity contribution in [3.63, 3.8) is 0 Å². The van der Waals surface area contributed by atoms with E-state index in [-0.39, 0.29) is 23.3 Å². The second-order valence-corrected chi connectivity index (χ2v) is 8.06. The summed E-state index contributed by atoms with van der Waals surface area (Å²) in [5, 5.41) is 0. The Kier molecular flexibility index (Phi) is 7.23. The van der Waals surface area contributed by atoms with Crippen molar-refractivity contribution in [1.29, 1.82) is 0 Å². The highest BCUT2D eigenvalue weighted by Gasteiger charge is 2.25. The van der Waals surface area contributed by atoms with Crippen molar-refractivity contribution in [1.82, 2.24) is 9.55 Å². The Morgan fingerprint density at radius 1 is 1.26 bits per heavy atom. The van der Waals surface area contributed by atoms with E-state index in [1.54, 1.807) is 12.1 Å². The van der Waals surface area contributed by atoms with Gasteiger partial charge in [-0.3, -0.25) is 19.1 Å². The highest BCUT2D eigenvalue weighted by atomic mass is 127. The van der Waals surface area contributed by atoms with E-state index in [2.05, 4.69) is 27.6 Å². The average molecular weight is 484 g/mol. The maximum Gasteiger partial charge on any atom is 0.330 e. The van der Waals surface area contributed by atoms with Crippen LogP contribution in [-0.4, -0.2) is 22.0 Å². The van der Waals surface area contributed by atoms with Gasteiger partial charge in [-0.15, -0.1) is 0 Å². The van der Waals surface area contributed by atoms with Gasteiger partial charge in [-0.25, -0.2) is 4.79 Å². The molecule has 1 aromatic carbocycles. The highest BCUT2D eigenvalue weighted by Crippen LogP contribution is 2.21. The summed E-state index contributed by atoms with van der Waals surface area (Å²) >= 11 is 2.16. The molecule has 0 radical (unpaired) electrons. The summed E-state index contributed by atoms with van der Waals surface area (Å²) in [5.74, 6) is -0.140. The molecule has 8 heteroatoms. The van der Waals surface area contributed by atoms with E-state index in [4.69, 9.17) is 5.73 Å². The number of nitrogen functional groups attached to an aromatic ring is 1.